The van der Waals surface area contributed by atoms with E-state index in [-0.39, 0.29) is 6.01 Å². The molecular formula is C11H9N5O5S. The van der Waals surface area contributed by atoms with Crippen LogP contribution in [-0.2, 0) is 19.8 Å². The highest BCUT2D eigenvalue weighted by molar-refractivity contribution is 7.89. The molecule has 1 aliphatic heterocycles. The van der Waals surface area contributed by atoms with Crippen molar-refractivity contribution >= 4 is 44.8 Å². The molecule has 114 valence electrons. The van der Waals surface area contributed by atoms with Gasteiger partial charge in [-0.2, -0.15) is 18.5 Å². The number of carbonyl (C=O) groups is 2. The maximum atomic E-state index is 11.5. The largest absolute Gasteiger partial charge is 0.422 e. The summed E-state index contributed by atoms with van der Waals surface area (Å²) < 4.78 is 30.7. The van der Waals surface area contributed by atoms with Gasteiger partial charge in [0.2, 0.25) is 5.71 Å². The van der Waals surface area contributed by atoms with Gasteiger partial charge in [0.25, 0.3) is 11.8 Å². The van der Waals surface area contributed by atoms with Crippen LogP contribution in [0.3, 0.4) is 0 Å². The summed E-state index contributed by atoms with van der Waals surface area (Å²) in [5, 5.41) is 3.53. The van der Waals surface area contributed by atoms with Crippen molar-refractivity contribution < 1.29 is 22.4 Å². The Morgan fingerprint density at radius 1 is 1.23 bits per heavy atom. The molecule has 2 heterocycles. The third-order valence-corrected chi connectivity index (χ3v) is 3.67. The first-order chi connectivity index (χ1) is 10.4. The predicted molar refractivity (Wildman–Crippen MR) is 75.0 cm³/mol. The number of fused-ring (bicyclic) bond motifs is 1. The highest BCUT2D eigenvalue weighted by Gasteiger charge is 2.33. The number of rotatable bonds is 2. The molecule has 0 unspecified atom stereocenters. The number of anilines is 1. The fourth-order valence-corrected chi connectivity index (χ4v) is 2.54. The molecule has 0 spiro atoms. The topological polar surface area (TPSA) is 143 Å². The van der Waals surface area contributed by atoms with Crippen LogP contribution in [0.2, 0.25) is 0 Å². The molecule has 3 N–H and O–H groups in total. The molecule has 0 radical (unpaired) electrons. The minimum Gasteiger partial charge on any atom is -0.422 e. The summed E-state index contributed by atoms with van der Waals surface area (Å²) in [5.41, 5.74) is 3.61. The second-order valence-corrected chi connectivity index (χ2v) is 5.80. The van der Waals surface area contributed by atoms with Crippen molar-refractivity contribution in [3.8, 4) is 0 Å². The van der Waals surface area contributed by atoms with Gasteiger partial charge < -0.3 is 4.42 Å². The number of aromatic nitrogens is 1. The highest BCUT2D eigenvalue weighted by atomic mass is 32.2. The smallest absolute Gasteiger partial charge is 0.326 e. The number of para-hydroxylation sites is 1. The van der Waals surface area contributed by atoms with Crippen molar-refractivity contribution in [1.29, 1.82) is 0 Å². The Morgan fingerprint density at radius 3 is 2.55 bits per heavy atom. The van der Waals surface area contributed by atoms with Crippen LogP contribution < -0.4 is 14.9 Å². The van der Waals surface area contributed by atoms with Gasteiger partial charge in [-0.1, -0.05) is 12.1 Å². The van der Waals surface area contributed by atoms with Gasteiger partial charge in [0.15, 0.2) is 5.58 Å². The molecule has 1 fully saturated rings. The molecule has 0 saturated carbocycles. The minimum absolute atomic E-state index is 0.0363. The molecule has 1 aliphatic rings. The standard InChI is InChI=1S/C11H9N5O5S/c1-5-3-2-4-6-8(5)21-11(12-6)14-13-7-9(17)15-22(19,20)16-10(7)18/h2-4H,1H3,(H,12,14)(H,15,17)(H,16,18). The zero-order valence-corrected chi connectivity index (χ0v) is 11.9. The Hall–Kier alpha value is -2.95. The lowest BCUT2D eigenvalue weighted by Gasteiger charge is -2.14. The number of carbonyl (C=O) groups excluding carboxylic acids is 2. The lowest BCUT2D eigenvalue weighted by Crippen LogP contribution is -2.56. The maximum absolute atomic E-state index is 11.5. The van der Waals surface area contributed by atoms with Crippen molar-refractivity contribution in [2.45, 2.75) is 6.92 Å². The molecule has 1 aromatic heterocycles. The molecular weight excluding hydrogens is 314 g/mol. The summed E-state index contributed by atoms with van der Waals surface area (Å²) in [7, 11) is -4.17. The Balaban J connectivity index is 1.88. The van der Waals surface area contributed by atoms with E-state index in [0.717, 1.165) is 5.56 Å². The Labute approximate surface area is 123 Å². The van der Waals surface area contributed by atoms with Gasteiger partial charge in [0.05, 0.1) is 0 Å². The number of aryl methyl sites for hydroxylation is 1. The number of hydrazone groups is 1. The van der Waals surface area contributed by atoms with E-state index in [4.69, 9.17) is 4.42 Å². The van der Waals surface area contributed by atoms with Gasteiger partial charge in [-0.05, 0) is 18.6 Å². The first-order valence-electron chi connectivity index (χ1n) is 5.95. The van der Waals surface area contributed by atoms with Crippen LogP contribution in [0.5, 0.6) is 0 Å². The number of hydrogen-bond donors (Lipinski definition) is 3. The van der Waals surface area contributed by atoms with E-state index >= 15 is 0 Å². The van der Waals surface area contributed by atoms with Crippen LogP contribution >= 0.6 is 0 Å². The van der Waals surface area contributed by atoms with E-state index < -0.39 is 27.7 Å². The van der Waals surface area contributed by atoms with Crippen molar-refractivity contribution in [2.24, 2.45) is 5.10 Å². The van der Waals surface area contributed by atoms with Gasteiger partial charge in [0.1, 0.15) is 5.52 Å². The van der Waals surface area contributed by atoms with Crippen LogP contribution in [0.4, 0.5) is 6.01 Å². The molecule has 2 amide bonds. The van der Waals surface area contributed by atoms with E-state index in [2.05, 4.69) is 15.5 Å². The minimum atomic E-state index is -4.17. The van der Waals surface area contributed by atoms with Crippen LogP contribution in [0.25, 0.3) is 11.1 Å². The summed E-state index contributed by atoms with van der Waals surface area (Å²) in [6, 6.07) is 5.31. The summed E-state index contributed by atoms with van der Waals surface area (Å²) in [5.74, 6) is -2.30. The molecule has 1 aromatic carbocycles. The van der Waals surface area contributed by atoms with Crippen LogP contribution in [0, 0.1) is 6.92 Å². The van der Waals surface area contributed by atoms with Gasteiger partial charge in [-0.25, -0.2) is 14.9 Å². The molecule has 0 aliphatic carbocycles. The van der Waals surface area contributed by atoms with E-state index in [1.807, 2.05) is 13.0 Å². The van der Waals surface area contributed by atoms with Crippen molar-refractivity contribution in [3.63, 3.8) is 0 Å². The average Bonchev–Trinajstić information content (AvgIpc) is 2.80. The molecule has 0 atom stereocenters. The molecule has 0 bridgehead atoms. The zero-order chi connectivity index (χ0) is 15.9. The number of nitrogens with zero attached hydrogens (tertiary/aromatic N) is 2. The number of oxazole rings is 1. The van der Waals surface area contributed by atoms with E-state index in [9.17, 15) is 18.0 Å². The fraction of sp³-hybridized carbons (Fsp3) is 0.0909. The molecule has 1 saturated heterocycles. The van der Waals surface area contributed by atoms with Gasteiger partial charge >= 0.3 is 16.2 Å². The quantitative estimate of drug-likeness (QED) is 0.626. The number of benzene rings is 1. The van der Waals surface area contributed by atoms with Crippen molar-refractivity contribution in [1.82, 2.24) is 14.4 Å². The lowest BCUT2D eigenvalue weighted by atomic mass is 10.2. The van der Waals surface area contributed by atoms with E-state index in [0.29, 0.717) is 11.1 Å². The highest BCUT2D eigenvalue weighted by Crippen LogP contribution is 2.21. The normalized spacial score (nSPS) is 17.0. The Kier molecular flexibility index (Phi) is 3.06. The third kappa shape index (κ3) is 2.48. The van der Waals surface area contributed by atoms with Gasteiger partial charge in [-0.15, -0.1) is 0 Å². The fourth-order valence-electron chi connectivity index (χ4n) is 1.81. The van der Waals surface area contributed by atoms with Crippen LogP contribution in [0.15, 0.2) is 27.7 Å². The van der Waals surface area contributed by atoms with Crippen LogP contribution in [-0.4, -0.2) is 30.9 Å². The molecule has 3 rings (SSSR count). The molecule has 2 aromatic rings. The lowest BCUT2D eigenvalue weighted by molar-refractivity contribution is -0.118. The molecule has 10 nitrogen and oxygen atoms in total. The Bertz CT molecular complexity index is 903. The second-order valence-electron chi connectivity index (χ2n) is 4.38. The first kappa shape index (κ1) is 14.0. The average molecular weight is 323 g/mol. The molecule has 22 heavy (non-hydrogen) atoms. The van der Waals surface area contributed by atoms with Crippen LogP contribution in [0.1, 0.15) is 5.56 Å². The third-order valence-electron chi connectivity index (χ3n) is 2.76. The monoisotopic (exact) mass is 323 g/mol. The number of hydrogen-bond acceptors (Lipinski definition) is 8. The summed E-state index contributed by atoms with van der Waals surface area (Å²) in [4.78, 5) is 27.1. The van der Waals surface area contributed by atoms with E-state index in [1.54, 1.807) is 21.6 Å². The van der Waals surface area contributed by atoms with Gasteiger partial charge in [0, 0.05) is 0 Å². The predicted octanol–water partition coefficient (Wildman–Crippen LogP) is -0.605. The Morgan fingerprint density at radius 2 is 1.91 bits per heavy atom. The maximum Gasteiger partial charge on any atom is 0.326 e. The van der Waals surface area contributed by atoms with Crippen molar-refractivity contribution in [2.75, 3.05) is 5.43 Å². The second kappa shape index (κ2) is 4.80. The van der Waals surface area contributed by atoms with E-state index in [1.165, 1.54) is 0 Å². The number of amides is 2. The number of nitrogens with one attached hydrogen (secondary N) is 3. The zero-order valence-electron chi connectivity index (χ0n) is 11.1. The van der Waals surface area contributed by atoms with Gasteiger partial charge in [-0.3, -0.25) is 9.59 Å². The molecule has 11 heteroatoms. The summed E-state index contributed by atoms with van der Waals surface area (Å²) in [6.45, 7) is 1.83. The summed E-state index contributed by atoms with van der Waals surface area (Å²) >= 11 is 0. The SMILES string of the molecule is Cc1cccc2nc(NN=C3C(=O)NS(=O)(=O)NC3=O)oc12. The summed E-state index contributed by atoms with van der Waals surface area (Å²) in [6.07, 6.45) is 0. The first-order valence-corrected chi connectivity index (χ1v) is 7.43. The van der Waals surface area contributed by atoms with Crippen molar-refractivity contribution in [3.05, 3.63) is 23.8 Å².